The molecule has 0 fully saturated rings. The first-order chi connectivity index (χ1) is 11.0. The van der Waals surface area contributed by atoms with Gasteiger partial charge < -0.3 is 5.73 Å². The van der Waals surface area contributed by atoms with Crippen LogP contribution in [0.4, 0.5) is 5.69 Å². The predicted molar refractivity (Wildman–Crippen MR) is 88.7 cm³/mol. The van der Waals surface area contributed by atoms with E-state index in [1.165, 1.54) is 4.90 Å². The first-order valence-electron chi connectivity index (χ1n) is 7.13. The largest absolute Gasteiger partial charge is 0.368 e. The maximum Gasteiger partial charge on any atom is 0.259 e. The van der Waals surface area contributed by atoms with Crippen molar-refractivity contribution >= 4 is 28.3 Å². The molecule has 0 aromatic heterocycles. The lowest BCUT2D eigenvalue weighted by atomic mass is 10.1. The Labute approximate surface area is 136 Å². The van der Waals surface area contributed by atoms with Crippen LogP contribution >= 0.6 is 0 Å². The quantitative estimate of drug-likeness (QED) is 0.927. The Morgan fingerprint density at radius 1 is 1.13 bits per heavy atom. The van der Waals surface area contributed by atoms with Crippen LogP contribution in [0.1, 0.15) is 15.9 Å². The van der Waals surface area contributed by atoms with Crippen LogP contribution in [-0.4, -0.2) is 28.3 Å². The minimum absolute atomic E-state index is 0.285. The number of carbonyl (C=O) groups is 2. The fourth-order valence-corrected chi connectivity index (χ4v) is 3.31. The van der Waals surface area contributed by atoms with E-state index in [1.54, 1.807) is 30.5 Å². The van der Waals surface area contributed by atoms with Gasteiger partial charge in [-0.05, 0) is 35.9 Å². The molecule has 0 bridgehead atoms. The molecule has 0 radical (unpaired) electrons. The molecule has 5 nitrogen and oxygen atoms in total. The van der Waals surface area contributed by atoms with Crippen LogP contribution in [0.5, 0.6) is 0 Å². The molecule has 2 atom stereocenters. The van der Waals surface area contributed by atoms with Gasteiger partial charge in [0.15, 0.2) is 0 Å². The van der Waals surface area contributed by atoms with Crippen LogP contribution in [0.2, 0.25) is 0 Å². The van der Waals surface area contributed by atoms with Crippen LogP contribution in [0.15, 0.2) is 53.4 Å². The van der Waals surface area contributed by atoms with Crippen molar-refractivity contribution in [3.63, 3.8) is 0 Å². The molecular weight excluding hydrogens is 312 g/mol. The Kier molecular flexibility index (Phi) is 4.00. The summed E-state index contributed by atoms with van der Waals surface area (Å²) < 4.78 is 11.4. The molecule has 23 heavy (non-hydrogen) atoms. The zero-order valence-electron chi connectivity index (χ0n) is 12.6. The lowest BCUT2D eigenvalue weighted by molar-refractivity contribution is -0.119. The fourth-order valence-electron chi connectivity index (χ4n) is 2.79. The van der Waals surface area contributed by atoms with Crippen molar-refractivity contribution < 1.29 is 13.8 Å². The molecule has 0 aliphatic carbocycles. The number of rotatable bonds is 3. The predicted octanol–water partition coefficient (Wildman–Crippen LogP) is 1.48. The summed E-state index contributed by atoms with van der Waals surface area (Å²) in [5, 5.41) is 0. The monoisotopic (exact) mass is 328 g/mol. The summed E-state index contributed by atoms with van der Waals surface area (Å²) >= 11 is 0. The Morgan fingerprint density at radius 3 is 2.39 bits per heavy atom. The topological polar surface area (TPSA) is 80.5 Å². The van der Waals surface area contributed by atoms with Crippen molar-refractivity contribution in [2.45, 2.75) is 17.4 Å². The van der Waals surface area contributed by atoms with E-state index in [2.05, 4.69) is 0 Å². The van der Waals surface area contributed by atoms with Gasteiger partial charge in [0.1, 0.15) is 6.04 Å². The van der Waals surface area contributed by atoms with Crippen LogP contribution in [-0.2, 0) is 22.0 Å². The number of fused-ring (bicyclic) bond motifs is 1. The molecule has 1 heterocycles. The average molecular weight is 328 g/mol. The van der Waals surface area contributed by atoms with Gasteiger partial charge in [-0.3, -0.25) is 18.7 Å². The van der Waals surface area contributed by atoms with E-state index in [0.717, 1.165) is 5.56 Å². The van der Waals surface area contributed by atoms with Crippen molar-refractivity contribution in [2.24, 2.45) is 5.73 Å². The molecule has 0 saturated heterocycles. The number of amides is 2. The standard InChI is InChI=1S/C17H16N2O3S/c1-23(22)13-8-6-11(7-9-13)17(21)19-14-5-3-2-4-12(14)10-15(19)16(18)20/h2-9,15H,10H2,1H3,(H2,18,20)/t15-,23+/m0/s1. The number of nitrogens with zero attached hydrogens (tertiary/aromatic N) is 1. The highest BCUT2D eigenvalue weighted by molar-refractivity contribution is 7.84. The summed E-state index contributed by atoms with van der Waals surface area (Å²) in [5.74, 6) is -0.812. The molecule has 0 spiro atoms. The van der Waals surface area contributed by atoms with Gasteiger partial charge >= 0.3 is 0 Å². The zero-order valence-corrected chi connectivity index (χ0v) is 13.4. The van der Waals surface area contributed by atoms with Gasteiger partial charge in [-0.1, -0.05) is 18.2 Å². The van der Waals surface area contributed by atoms with Crippen molar-refractivity contribution in [3.8, 4) is 0 Å². The van der Waals surface area contributed by atoms with Gasteiger partial charge in [-0.2, -0.15) is 0 Å². The fraction of sp³-hybridized carbons (Fsp3) is 0.176. The molecule has 2 aromatic carbocycles. The third-order valence-electron chi connectivity index (χ3n) is 3.96. The molecule has 118 valence electrons. The average Bonchev–Trinajstić information content (AvgIpc) is 2.94. The molecule has 0 unspecified atom stereocenters. The first-order valence-corrected chi connectivity index (χ1v) is 8.69. The molecule has 1 aliphatic rings. The molecule has 1 aliphatic heterocycles. The Hall–Kier alpha value is -2.47. The smallest absolute Gasteiger partial charge is 0.259 e. The molecule has 0 saturated carbocycles. The minimum Gasteiger partial charge on any atom is -0.368 e. The van der Waals surface area contributed by atoms with Crippen molar-refractivity contribution in [1.29, 1.82) is 0 Å². The number of anilines is 1. The number of para-hydroxylation sites is 1. The van der Waals surface area contributed by atoms with Gasteiger partial charge in [-0.15, -0.1) is 0 Å². The Bertz CT molecular complexity index is 802. The maximum absolute atomic E-state index is 12.8. The van der Waals surface area contributed by atoms with E-state index in [-0.39, 0.29) is 5.91 Å². The highest BCUT2D eigenvalue weighted by Gasteiger charge is 2.37. The van der Waals surface area contributed by atoms with E-state index in [1.807, 2.05) is 24.3 Å². The zero-order chi connectivity index (χ0) is 16.6. The number of primary amides is 1. The number of benzene rings is 2. The van der Waals surface area contributed by atoms with Gasteiger partial charge in [0.05, 0.1) is 0 Å². The second kappa shape index (κ2) is 5.96. The normalized spacial score (nSPS) is 17.6. The number of hydrogen-bond donors (Lipinski definition) is 1. The minimum atomic E-state index is -1.10. The van der Waals surface area contributed by atoms with Gasteiger partial charge in [0, 0.05) is 39.6 Å². The van der Waals surface area contributed by atoms with Crippen LogP contribution in [0, 0.1) is 0 Å². The number of carbonyl (C=O) groups excluding carboxylic acids is 2. The van der Waals surface area contributed by atoms with Gasteiger partial charge in [0.25, 0.3) is 5.91 Å². The maximum atomic E-state index is 12.8. The van der Waals surface area contributed by atoms with Crippen LogP contribution in [0.25, 0.3) is 0 Å². The van der Waals surface area contributed by atoms with Crippen molar-refractivity contribution in [3.05, 3.63) is 59.7 Å². The van der Waals surface area contributed by atoms with E-state index in [4.69, 9.17) is 5.73 Å². The molecule has 2 N–H and O–H groups in total. The SMILES string of the molecule is C[S@@](=O)c1ccc(C(=O)N2c3ccccc3C[C@H]2C(N)=O)cc1. The highest BCUT2D eigenvalue weighted by Crippen LogP contribution is 2.33. The summed E-state index contributed by atoms with van der Waals surface area (Å²) in [6, 6.07) is 13.3. The Balaban J connectivity index is 1.99. The Morgan fingerprint density at radius 2 is 1.78 bits per heavy atom. The van der Waals surface area contributed by atoms with Gasteiger partial charge in [-0.25, -0.2) is 0 Å². The van der Waals surface area contributed by atoms with Crippen LogP contribution in [0.3, 0.4) is 0 Å². The lowest BCUT2D eigenvalue weighted by Crippen LogP contribution is -2.46. The van der Waals surface area contributed by atoms with E-state index >= 15 is 0 Å². The first kappa shape index (κ1) is 15.4. The van der Waals surface area contributed by atoms with E-state index < -0.39 is 22.7 Å². The van der Waals surface area contributed by atoms with Crippen molar-refractivity contribution in [2.75, 3.05) is 11.2 Å². The third-order valence-corrected chi connectivity index (χ3v) is 4.89. The summed E-state index contributed by atoms with van der Waals surface area (Å²) in [4.78, 5) is 26.7. The third kappa shape index (κ3) is 2.77. The van der Waals surface area contributed by atoms with Crippen LogP contribution < -0.4 is 10.6 Å². The van der Waals surface area contributed by atoms with Gasteiger partial charge in [0.2, 0.25) is 5.91 Å². The summed E-state index contributed by atoms with van der Waals surface area (Å²) in [6.07, 6.45) is 2.00. The molecule has 3 rings (SSSR count). The second-order valence-electron chi connectivity index (χ2n) is 5.40. The summed E-state index contributed by atoms with van der Waals surface area (Å²) in [6.45, 7) is 0. The highest BCUT2D eigenvalue weighted by atomic mass is 32.2. The molecule has 2 aromatic rings. The number of hydrogen-bond acceptors (Lipinski definition) is 3. The number of nitrogens with two attached hydrogens (primary N) is 1. The molecule has 6 heteroatoms. The lowest BCUT2D eigenvalue weighted by Gasteiger charge is -2.23. The van der Waals surface area contributed by atoms with Crippen molar-refractivity contribution in [1.82, 2.24) is 0 Å². The summed E-state index contributed by atoms with van der Waals surface area (Å²) in [7, 11) is -1.10. The molecular formula is C17H16N2O3S. The summed E-state index contributed by atoms with van der Waals surface area (Å²) in [5.41, 5.74) is 7.55. The molecule has 2 amide bonds. The van der Waals surface area contributed by atoms with E-state index in [9.17, 15) is 13.8 Å². The second-order valence-corrected chi connectivity index (χ2v) is 6.78. The van der Waals surface area contributed by atoms with E-state index in [0.29, 0.717) is 22.6 Å².